The summed E-state index contributed by atoms with van der Waals surface area (Å²) in [5, 5.41) is 17.4. The number of thiazole rings is 1. The molecule has 2 heterocycles. The highest BCUT2D eigenvalue weighted by molar-refractivity contribution is 7.10. The van der Waals surface area contributed by atoms with Crippen molar-refractivity contribution in [3.05, 3.63) is 63.6 Å². The first kappa shape index (κ1) is 37.4. The average Bonchev–Trinajstić information content (AvgIpc) is 3.52. The second-order valence-electron chi connectivity index (χ2n) is 12.7. The molecule has 1 saturated heterocycles. The molecular formula is C36H49N5O5S. The van der Waals surface area contributed by atoms with E-state index in [1.807, 2.05) is 65.1 Å². The number of carboxylic acids is 1. The Kier molecular flexibility index (Phi) is 14.2. The smallest absolute Gasteiger partial charge is 0.331 e. The normalized spacial score (nSPS) is 17.9. The number of amides is 3. The van der Waals surface area contributed by atoms with Crippen molar-refractivity contribution in [2.75, 3.05) is 20.6 Å². The zero-order chi connectivity index (χ0) is 34.7. The van der Waals surface area contributed by atoms with Crippen molar-refractivity contribution in [3.8, 4) is 11.8 Å². The van der Waals surface area contributed by atoms with E-state index in [4.69, 9.17) is 0 Å². The van der Waals surface area contributed by atoms with E-state index < -0.39 is 30.0 Å². The number of carboxylic acid groups (broad SMARTS) is 1. The minimum Gasteiger partial charge on any atom is -0.478 e. The van der Waals surface area contributed by atoms with Crippen LogP contribution in [-0.4, -0.2) is 88.4 Å². The van der Waals surface area contributed by atoms with Gasteiger partial charge in [-0.1, -0.05) is 82.9 Å². The highest BCUT2D eigenvalue weighted by Gasteiger charge is 2.35. The van der Waals surface area contributed by atoms with Crippen LogP contribution in [0.4, 0.5) is 0 Å². The number of likely N-dealkylation sites (tertiary alicyclic amines) is 1. The summed E-state index contributed by atoms with van der Waals surface area (Å²) in [7, 11) is 3.67. The van der Waals surface area contributed by atoms with Crippen LogP contribution in [-0.2, 0) is 20.8 Å². The number of carbonyl (C=O) groups excluding carboxylic acids is 3. The third-order valence-electron chi connectivity index (χ3n) is 8.71. The molecule has 3 amide bonds. The van der Waals surface area contributed by atoms with Gasteiger partial charge < -0.3 is 20.6 Å². The third-order valence-corrected chi connectivity index (χ3v) is 9.47. The van der Waals surface area contributed by atoms with Crippen LogP contribution < -0.4 is 10.6 Å². The molecule has 5 atom stereocenters. The Bertz CT molecular complexity index is 1480. The number of likely N-dealkylation sites (N-methyl/N-ethyl adjacent to an activating group) is 2. The molecule has 1 aromatic heterocycles. The van der Waals surface area contributed by atoms with Gasteiger partial charge in [-0.2, -0.15) is 0 Å². The lowest BCUT2D eigenvalue weighted by Crippen LogP contribution is -2.57. The van der Waals surface area contributed by atoms with Gasteiger partial charge in [-0.15, -0.1) is 11.3 Å². The summed E-state index contributed by atoms with van der Waals surface area (Å²) in [4.78, 5) is 59.9. The average molecular weight is 664 g/mol. The molecule has 1 aliphatic heterocycles. The number of carbonyl (C=O) groups is 4. The van der Waals surface area contributed by atoms with Gasteiger partial charge in [-0.25, -0.2) is 9.78 Å². The number of hydrogen-bond acceptors (Lipinski definition) is 7. The predicted molar refractivity (Wildman–Crippen MR) is 185 cm³/mol. The summed E-state index contributed by atoms with van der Waals surface area (Å²) < 4.78 is 0. The number of nitrogens with zero attached hydrogens (tertiary/aromatic N) is 3. The van der Waals surface area contributed by atoms with Crippen LogP contribution in [0, 0.1) is 23.7 Å². The molecule has 0 radical (unpaired) electrons. The number of aromatic nitrogens is 1. The maximum Gasteiger partial charge on any atom is 0.331 e. The number of nitrogens with one attached hydrogen (secondary N) is 2. The van der Waals surface area contributed by atoms with Crippen LogP contribution in [0.15, 0.2) is 47.4 Å². The number of hydrogen-bond donors (Lipinski definition) is 3. The molecule has 0 bridgehead atoms. The molecule has 11 heteroatoms. The van der Waals surface area contributed by atoms with Crippen LogP contribution in [0.25, 0.3) is 0 Å². The van der Waals surface area contributed by atoms with Gasteiger partial charge in [0.25, 0.3) is 5.91 Å². The Morgan fingerprint density at radius 3 is 2.47 bits per heavy atom. The lowest BCUT2D eigenvalue weighted by atomic mass is 9.94. The second-order valence-corrected chi connectivity index (χ2v) is 13.6. The second kappa shape index (κ2) is 17.8. The van der Waals surface area contributed by atoms with Crippen molar-refractivity contribution < 1.29 is 24.3 Å². The molecule has 0 aliphatic carbocycles. The SMILES string of the molecule is CC[C@H](C)[C@H](NC(=O)[C@H]1CCCCN1C)C(=O)N(C)[C@H](C#Cc1nc(C(=O)NC(C=C(C)C(=O)O)Cc2ccccc2)cs1)C(C)C. The van der Waals surface area contributed by atoms with E-state index in [0.717, 1.165) is 37.8 Å². The fourth-order valence-electron chi connectivity index (χ4n) is 5.61. The standard InChI is InChI=1S/C36H49N5O5S/c1-8-24(4)32(39-34(43)30-16-12-13-19-40(30)6)35(44)41(7)29(23(2)3)17-18-31-38-28(22-47-31)33(42)37-27(20-25(5)36(45)46)21-26-14-10-9-11-15-26/h9-11,14-15,20,22-24,27,29-30,32H,8,12-13,16,19,21H2,1-7H3,(H,37,42)(H,39,43)(H,45,46)/t24-,27?,29+,30+,32-/m0/s1. The maximum absolute atomic E-state index is 13.9. The van der Waals surface area contributed by atoms with Crippen molar-refractivity contribution >= 4 is 35.0 Å². The summed E-state index contributed by atoms with van der Waals surface area (Å²) in [5.74, 6) is 4.38. The third kappa shape index (κ3) is 10.8. The number of aliphatic carboxylic acids is 1. The van der Waals surface area contributed by atoms with E-state index in [9.17, 15) is 24.3 Å². The Morgan fingerprint density at radius 1 is 1.15 bits per heavy atom. The van der Waals surface area contributed by atoms with Crippen LogP contribution >= 0.6 is 11.3 Å². The van der Waals surface area contributed by atoms with Gasteiger partial charge in [-0.3, -0.25) is 19.3 Å². The lowest BCUT2D eigenvalue weighted by Gasteiger charge is -2.36. The Morgan fingerprint density at radius 2 is 1.85 bits per heavy atom. The fraction of sp³-hybridized carbons (Fsp3) is 0.528. The van der Waals surface area contributed by atoms with Crippen LogP contribution in [0.2, 0.25) is 0 Å². The van der Waals surface area contributed by atoms with Gasteiger partial charge in [0, 0.05) is 18.0 Å². The summed E-state index contributed by atoms with van der Waals surface area (Å²) in [6.07, 6.45) is 5.51. The zero-order valence-electron chi connectivity index (χ0n) is 28.6. The Hall–Kier alpha value is -4.01. The van der Waals surface area contributed by atoms with Gasteiger partial charge in [-0.05, 0) is 63.1 Å². The van der Waals surface area contributed by atoms with Crippen molar-refractivity contribution in [3.63, 3.8) is 0 Å². The largest absolute Gasteiger partial charge is 0.478 e. The van der Waals surface area contributed by atoms with Gasteiger partial charge in [0.05, 0.1) is 18.1 Å². The quantitative estimate of drug-likeness (QED) is 0.214. The van der Waals surface area contributed by atoms with Crippen molar-refractivity contribution in [2.45, 2.75) is 90.9 Å². The molecule has 1 fully saturated rings. The Balaban J connectivity index is 1.75. The van der Waals surface area contributed by atoms with E-state index >= 15 is 0 Å². The van der Waals surface area contributed by atoms with E-state index in [1.54, 1.807) is 17.3 Å². The molecule has 10 nitrogen and oxygen atoms in total. The summed E-state index contributed by atoms with van der Waals surface area (Å²) >= 11 is 1.22. The molecule has 3 rings (SSSR count). The zero-order valence-corrected chi connectivity index (χ0v) is 29.4. The van der Waals surface area contributed by atoms with Crippen molar-refractivity contribution in [1.82, 2.24) is 25.4 Å². The van der Waals surface area contributed by atoms with E-state index in [0.29, 0.717) is 11.4 Å². The molecular weight excluding hydrogens is 614 g/mol. The van der Waals surface area contributed by atoms with E-state index in [-0.39, 0.29) is 41.0 Å². The maximum atomic E-state index is 13.9. The molecule has 1 unspecified atom stereocenters. The fourth-order valence-corrected chi connectivity index (χ4v) is 6.26. The van der Waals surface area contributed by atoms with E-state index in [2.05, 4.69) is 32.4 Å². The predicted octanol–water partition coefficient (Wildman–Crippen LogP) is 4.36. The first-order chi connectivity index (χ1) is 22.3. The summed E-state index contributed by atoms with van der Waals surface area (Å²) in [5.41, 5.74) is 1.26. The molecule has 0 spiro atoms. The van der Waals surface area contributed by atoms with Gasteiger partial charge in [0.1, 0.15) is 11.7 Å². The van der Waals surface area contributed by atoms with Gasteiger partial charge >= 0.3 is 5.97 Å². The number of piperidine rings is 1. The first-order valence-electron chi connectivity index (χ1n) is 16.3. The summed E-state index contributed by atoms with van der Waals surface area (Å²) in [6, 6.07) is 7.58. The monoisotopic (exact) mass is 663 g/mol. The molecule has 1 aromatic carbocycles. The van der Waals surface area contributed by atoms with Crippen LogP contribution in [0.3, 0.4) is 0 Å². The molecule has 2 aromatic rings. The minimum absolute atomic E-state index is 0.0139. The molecule has 0 saturated carbocycles. The van der Waals surface area contributed by atoms with Gasteiger partial charge in [0.15, 0.2) is 5.01 Å². The number of rotatable bonds is 13. The summed E-state index contributed by atoms with van der Waals surface area (Å²) in [6.45, 7) is 10.3. The van der Waals surface area contributed by atoms with Crippen LogP contribution in [0.1, 0.15) is 81.4 Å². The van der Waals surface area contributed by atoms with E-state index in [1.165, 1.54) is 24.3 Å². The molecule has 3 N–H and O–H groups in total. The molecule has 47 heavy (non-hydrogen) atoms. The number of benzene rings is 1. The van der Waals surface area contributed by atoms with Crippen LogP contribution in [0.5, 0.6) is 0 Å². The first-order valence-corrected chi connectivity index (χ1v) is 17.2. The highest BCUT2D eigenvalue weighted by atomic mass is 32.1. The highest BCUT2D eigenvalue weighted by Crippen LogP contribution is 2.19. The lowest BCUT2D eigenvalue weighted by molar-refractivity contribution is -0.139. The van der Waals surface area contributed by atoms with Gasteiger partial charge in [0.2, 0.25) is 11.8 Å². The van der Waals surface area contributed by atoms with Crippen molar-refractivity contribution in [1.29, 1.82) is 0 Å². The molecule has 254 valence electrons. The van der Waals surface area contributed by atoms with Crippen molar-refractivity contribution in [2.24, 2.45) is 11.8 Å². The molecule has 1 aliphatic rings. The minimum atomic E-state index is -1.05. The topological polar surface area (TPSA) is 132 Å². The Labute approximate surface area is 283 Å².